The van der Waals surface area contributed by atoms with Gasteiger partial charge in [-0.1, -0.05) is 71.9 Å². The zero-order chi connectivity index (χ0) is 17.3. The van der Waals surface area contributed by atoms with Crippen molar-refractivity contribution in [2.75, 3.05) is 7.11 Å². The molecule has 1 heteroatoms. The summed E-state index contributed by atoms with van der Waals surface area (Å²) in [4.78, 5) is 0. The maximum absolute atomic E-state index is 5.39. The molecule has 0 aliphatic carbocycles. The number of benzene rings is 2. The summed E-state index contributed by atoms with van der Waals surface area (Å²) >= 11 is 0. The van der Waals surface area contributed by atoms with Crippen LogP contribution in [0.1, 0.15) is 52.7 Å². The van der Waals surface area contributed by atoms with Crippen LogP contribution in [0.2, 0.25) is 0 Å². The summed E-state index contributed by atoms with van der Waals surface area (Å²) in [6, 6.07) is 15.3. The first-order valence-electron chi connectivity index (χ1n) is 8.38. The van der Waals surface area contributed by atoms with Crippen molar-refractivity contribution in [3.05, 3.63) is 53.6 Å². The maximum Gasteiger partial charge on any atom is 0.119 e. The third-order valence-corrected chi connectivity index (χ3v) is 4.01. The second-order valence-electron chi connectivity index (χ2n) is 8.60. The Morgan fingerprint density at radius 1 is 0.870 bits per heavy atom. The molecular weight excluding hydrogens is 280 g/mol. The van der Waals surface area contributed by atoms with Gasteiger partial charge in [0.05, 0.1) is 7.11 Å². The summed E-state index contributed by atoms with van der Waals surface area (Å²) < 4.78 is 5.39. The van der Waals surface area contributed by atoms with Crippen LogP contribution in [-0.2, 0) is 11.8 Å². The molecule has 0 N–H and O–H groups in total. The Hall–Kier alpha value is -1.76. The Morgan fingerprint density at radius 3 is 2.13 bits per heavy atom. The molecule has 124 valence electrons. The van der Waals surface area contributed by atoms with Gasteiger partial charge in [-0.05, 0) is 51.6 Å². The molecule has 0 fully saturated rings. The number of hydrogen-bond acceptors (Lipinski definition) is 1. The summed E-state index contributed by atoms with van der Waals surface area (Å²) in [6.45, 7) is 13.7. The van der Waals surface area contributed by atoms with E-state index in [-0.39, 0.29) is 5.41 Å². The fourth-order valence-electron chi connectivity index (χ4n) is 2.98. The van der Waals surface area contributed by atoms with Crippen LogP contribution < -0.4 is 4.74 Å². The Kier molecular flexibility index (Phi) is 4.89. The standard InChI is InChI=1S/C22H30O/c1-21(2,3)15-16-11-12-19(20(13-16)22(4,5)6)17-9-8-10-18(14-17)23-7/h8-14H,15H2,1-7H3. The molecule has 0 aliphatic rings. The molecule has 0 bridgehead atoms. The van der Waals surface area contributed by atoms with Crippen LogP contribution in [0.3, 0.4) is 0 Å². The van der Waals surface area contributed by atoms with E-state index >= 15 is 0 Å². The predicted octanol–water partition coefficient (Wildman–Crippen LogP) is 6.25. The summed E-state index contributed by atoms with van der Waals surface area (Å²) in [5.74, 6) is 0.904. The molecule has 0 saturated heterocycles. The second kappa shape index (κ2) is 6.39. The Labute approximate surface area is 141 Å². The lowest BCUT2D eigenvalue weighted by Crippen LogP contribution is -2.15. The molecule has 0 heterocycles. The minimum atomic E-state index is 0.103. The van der Waals surface area contributed by atoms with Crippen molar-refractivity contribution in [2.24, 2.45) is 5.41 Å². The molecule has 0 aromatic heterocycles. The molecule has 0 radical (unpaired) electrons. The summed E-state index contributed by atoms with van der Waals surface area (Å²) in [7, 11) is 1.72. The first-order valence-corrected chi connectivity index (χ1v) is 8.38. The first-order chi connectivity index (χ1) is 10.6. The van der Waals surface area contributed by atoms with E-state index in [1.54, 1.807) is 7.11 Å². The van der Waals surface area contributed by atoms with Crippen molar-refractivity contribution in [1.29, 1.82) is 0 Å². The van der Waals surface area contributed by atoms with Crippen LogP contribution in [0, 0.1) is 5.41 Å². The van der Waals surface area contributed by atoms with Crippen LogP contribution >= 0.6 is 0 Å². The van der Waals surface area contributed by atoms with E-state index in [2.05, 4.69) is 77.9 Å². The van der Waals surface area contributed by atoms with Gasteiger partial charge < -0.3 is 4.74 Å². The van der Waals surface area contributed by atoms with Gasteiger partial charge in [0.1, 0.15) is 5.75 Å². The van der Waals surface area contributed by atoms with Gasteiger partial charge in [-0.15, -0.1) is 0 Å². The molecule has 1 nitrogen and oxygen atoms in total. The van der Waals surface area contributed by atoms with E-state index in [1.807, 2.05) is 6.07 Å². The normalized spacial score (nSPS) is 12.3. The average Bonchev–Trinajstić information content (AvgIpc) is 2.44. The Bertz CT molecular complexity index is 669. The fraction of sp³-hybridized carbons (Fsp3) is 0.455. The lowest BCUT2D eigenvalue weighted by Gasteiger charge is -2.26. The first kappa shape index (κ1) is 17.6. The van der Waals surface area contributed by atoms with Crippen molar-refractivity contribution in [2.45, 2.75) is 53.4 Å². The quantitative estimate of drug-likeness (QED) is 0.651. The summed E-state index contributed by atoms with van der Waals surface area (Å²) in [5.41, 5.74) is 5.73. The topological polar surface area (TPSA) is 9.23 Å². The van der Waals surface area contributed by atoms with Crippen molar-refractivity contribution in [3.8, 4) is 16.9 Å². The average molecular weight is 310 g/mol. The Morgan fingerprint density at radius 2 is 1.57 bits per heavy atom. The second-order valence-corrected chi connectivity index (χ2v) is 8.60. The molecule has 0 unspecified atom stereocenters. The summed E-state index contributed by atoms with van der Waals surface area (Å²) in [6.07, 6.45) is 1.09. The molecule has 2 aromatic rings. The molecule has 2 rings (SSSR count). The number of ether oxygens (including phenoxy) is 1. The highest BCUT2D eigenvalue weighted by atomic mass is 16.5. The van der Waals surface area contributed by atoms with Gasteiger partial charge in [-0.3, -0.25) is 0 Å². The van der Waals surface area contributed by atoms with Crippen LogP contribution in [-0.4, -0.2) is 7.11 Å². The van der Waals surface area contributed by atoms with E-state index in [4.69, 9.17) is 4.74 Å². The third-order valence-electron chi connectivity index (χ3n) is 4.01. The molecule has 0 spiro atoms. The lowest BCUT2D eigenvalue weighted by molar-refractivity contribution is 0.410. The highest BCUT2D eigenvalue weighted by molar-refractivity contribution is 5.70. The smallest absolute Gasteiger partial charge is 0.119 e. The number of rotatable bonds is 3. The largest absolute Gasteiger partial charge is 0.497 e. The van der Waals surface area contributed by atoms with Crippen molar-refractivity contribution >= 4 is 0 Å². The zero-order valence-electron chi connectivity index (χ0n) is 15.7. The number of hydrogen-bond donors (Lipinski definition) is 0. The molecule has 0 atom stereocenters. The molecule has 2 aromatic carbocycles. The molecule has 0 saturated carbocycles. The van der Waals surface area contributed by atoms with E-state index in [0.717, 1.165) is 12.2 Å². The lowest BCUT2D eigenvalue weighted by atomic mass is 9.79. The van der Waals surface area contributed by atoms with Crippen LogP contribution in [0.5, 0.6) is 5.75 Å². The molecule has 0 aliphatic heterocycles. The molecule has 23 heavy (non-hydrogen) atoms. The maximum atomic E-state index is 5.39. The van der Waals surface area contributed by atoms with Gasteiger partial charge in [0, 0.05) is 0 Å². The highest BCUT2D eigenvalue weighted by Gasteiger charge is 2.21. The molecular formula is C22H30O. The zero-order valence-corrected chi connectivity index (χ0v) is 15.7. The predicted molar refractivity (Wildman–Crippen MR) is 100 cm³/mol. The van der Waals surface area contributed by atoms with Gasteiger partial charge in [-0.2, -0.15) is 0 Å². The third kappa shape index (κ3) is 4.60. The van der Waals surface area contributed by atoms with Crippen molar-refractivity contribution in [1.82, 2.24) is 0 Å². The van der Waals surface area contributed by atoms with E-state index in [9.17, 15) is 0 Å². The SMILES string of the molecule is COc1cccc(-c2ccc(CC(C)(C)C)cc2C(C)(C)C)c1. The molecule has 0 amide bonds. The monoisotopic (exact) mass is 310 g/mol. The number of methoxy groups -OCH3 is 1. The van der Waals surface area contributed by atoms with Crippen molar-refractivity contribution in [3.63, 3.8) is 0 Å². The minimum Gasteiger partial charge on any atom is -0.497 e. The van der Waals surface area contributed by atoms with Gasteiger partial charge in [0.2, 0.25) is 0 Å². The van der Waals surface area contributed by atoms with Gasteiger partial charge in [0.15, 0.2) is 0 Å². The van der Waals surface area contributed by atoms with Crippen LogP contribution in [0.15, 0.2) is 42.5 Å². The van der Waals surface area contributed by atoms with Gasteiger partial charge >= 0.3 is 0 Å². The van der Waals surface area contributed by atoms with Crippen molar-refractivity contribution < 1.29 is 4.74 Å². The van der Waals surface area contributed by atoms with Gasteiger partial charge in [-0.25, -0.2) is 0 Å². The van der Waals surface area contributed by atoms with Crippen LogP contribution in [0.4, 0.5) is 0 Å². The van der Waals surface area contributed by atoms with Gasteiger partial charge in [0.25, 0.3) is 0 Å². The van der Waals surface area contributed by atoms with E-state index in [0.29, 0.717) is 5.41 Å². The highest BCUT2D eigenvalue weighted by Crippen LogP contribution is 2.36. The van der Waals surface area contributed by atoms with E-state index < -0.39 is 0 Å². The summed E-state index contributed by atoms with van der Waals surface area (Å²) in [5, 5.41) is 0. The fourth-order valence-corrected chi connectivity index (χ4v) is 2.98. The minimum absolute atomic E-state index is 0.103. The van der Waals surface area contributed by atoms with Crippen LogP contribution in [0.25, 0.3) is 11.1 Å². The Balaban J connectivity index is 2.55. The van der Waals surface area contributed by atoms with E-state index in [1.165, 1.54) is 22.3 Å².